The van der Waals surface area contributed by atoms with Crippen molar-refractivity contribution >= 4 is 23.3 Å². The molecule has 0 aliphatic heterocycles. The Morgan fingerprint density at radius 2 is 1.90 bits per heavy atom. The summed E-state index contributed by atoms with van der Waals surface area (Å²) in [6, 6.07) is 2.96. The molecule has 0 aromatic heterocycles. The fourth-order valence-corrected chi connectivity index (χ4v) is 1.94. The SMILES string of the molecule is CCCCCNC(=O)Nc1cc(Cl)c(OC)cc1OC. The van der Waals surface area contributed by atoms with Crippen LogP contribution < -0.4 is 20.1 Å². The zero-order chi connectivity index (χ0) is 15.0. The lowest BCUT2D eigenvalue weighted by Gasteiger charge is -2.13. The third kappa shape index (κ3) is 4.81. The van der Waals surface area contributed by atoms with E-state index in [1.165, 1.54) is 14.2 Å². The Kier molecular flexibility index (Phi) is 7.01. The van der Waals surface area contributed by atoms with E-state index in [0.717, 1.165) is 19.3 Å². The molecular weight excluding hydrogens is 280 g/mol. The Balaban J connectivity index is 2.66. The van der Waals surface area contributed by atoms with Crippen LogP contribution in [0.3, 0.4) is 0 Å². The number of halogens is 1. The van der Waals surface area contributed by atoms with Crippen LogP contribution >= 0.6 is 11.6 Å². The molecule has 1 aromatic carbocycles. The fourth-order valence-electron chi connectivity index (χ4n) is 1.70. The first-order chi connectivity index (χ1) is 9.62. The molecule has 0 saturated carbocycles. The second-order valence-corrected chi connectivity index (χ2v) is 4.68. The van der Waals surface area contributed by atoms with Crippen molar-refractivity contribution in [2.75, 3.05) is 26.1 Å². The number of unbranched alkanes of at least 4 members (excludes halogenated alkanes) is 2. The molecule has 0 spiro atoms. The van der Waals surface area contributed by atoms with Crippen LogP contribution in [0.4, 0.5) is 10.5 Å². The maximum absolute atomic E-state index is 11.8. The molecule has 0 atom stereocenters. The molecule has 112 valence electrons. The topological polar surface area (TPSA) is 59.6 Å². The largest absolute Gasteiger partial charge is 0.495 e. The van der Waals surface area contributed by atoms with Gasteiger partial charge in [-0.15, -0.1) is 0 Å². The summed E-state index contributed by atoms with van der Waals surface area (Å²) in [5, 5.41) is 5.91. The van der Waals surface area contributed by atoms with Crippen LogP contribution in [0.5, 0.6) is 11.5 Å². The Morgan fingerprint density at radius 1 is 1.20 bits per heavy atom. The number of carbonyl (C=O) groups is 1. The third-order valence-electron chi connectivity index (χ3n) is 2.79. The number of ether oxygens (including phenoxy) is 2. The van der Waals surface area contributed by atoms with Crippen LogP contribution in [0, 0.1) is 0 Å². The van der Waals surface area contributed by atoms with Gasteiger partial charge in [0.25, 0.3) is 0 Å². The van der Waals surface area contributed by atoms with E-state index in [9.17, 15) is 4.79 Å². The van der Waals surface area contributed by atoms with Crippen molar-refractivity contribution < 1.29 is 14.3 Å². The van der Waals surface area contributed by atoms with Gasteiger partial charge < -0.3 is 20.1 Å². The molecule has 0 fully saturated rings. The van der Waals surface area contributed by atoms with Gasteiger partial charge in [-0.25, -0.2) is 4.79 Å². The zero-order valence-electron chi connectivity index (χ0n) is 12.1. The van der Waals surface area contributed by atoms with E-state index in [-0.39, 0.29) is 6.03 Å². The number of carbonyl (C=O) groups excluding carboxylic acids is 1. The highest BCUT2D eigenvalue weighted by atomic mass is 35.5. The monoisotopic (exact) mass is 300 g/mol. The Hall–Kier alpha value is -1.62. The van der Waals surface area contributed by atoms with Crippen LogP contribution in [0.2, 0.25) is 5.02 Å². The van der Waals surface area contributed by atoms with Crippen molar-refractivity contribution in [2.24, 2.45) is 0 Å². The summed E-state index contributed by atoms with van der Waals surface area (Å²) in [6.45, 7) is 2.76. The van der Waals surface area contributed by atoms with Crippen LogP contribution in [0.15, 0.2) is 12.1 Å². The minimum Gasteiger partial charge on any atom is -0.495 e. The van der Waals surface area contributed by atoms with Crippen molar-refractivity contribution in [3.05, 3.63) is 17.2 Å². The van der Waals surface area contributed by atoms with Crippen LogP contribution in [0.1, 0.15) is 26.2 Å². The molecule has 0 unspecified atom stereocenters. The Labute approximate surface area is 124 Å². The van der Waals surface area contributed by atoms with Gasteiger partial charge in [0, 0.05) is 12.6 Å². The predicted molar refractivity (Wildman–Crippen MR) is 81.1 cm³/mol. The van der Waals surface area contributed by atoms with E-state index in [1.807, 2.05) is 0 Å². The van der Waals surface area contributed by atoms with Gasteiger partial charge in [-0.05, 0) is 12.5 Å². The minimum absolute atomic E-state index is 0.277. The van der Waals surface area contributed by atoms with Gasteiger partial charge in [-0.2, -0.15) is 0 Å². The van der Waals surface area contributed by atoms with Gasteiger partial charge in [0.05, 0.1) is 24.9 Å². The Morgan fingerprint density at radius 3 is 2.50 bits per heavy atom. The first kappa shape index (κ1) is 16.4. The minimum atomic E-state index is -0.277. The molecule has 20 heavy (non-hydrogen) atoms. The normalized spacial score (nSPS) is 10.0. The summed E-state index contributed by atoms with van der Waals surface area (Å²) in [6.07, 6.45) is 3.17. The smallest absolute Gasteiger partial charge is 0.319 e. The first-order valence-electron chi connectivity index (χ1n) is 6.58. The zero-order valence-corrected chi connectivity index (χ0v) is 12.8. The molecule has 2 N–H and O–H groups in total. The number of hydrogen-bond donors (Lipinski definition) is 2. The van der Waals surface area contributed by atoms with Crippen LogP contribution in [-0.2, 0) is 0 Å². The molecule has 0 aliphatic carbocycles. The van der Waals surface area contributed by atoms with Crippen LogP contribution in [0.25, 0.3) is 0 Å². The molecular formula is C14H21ClN2O3. The number of urea groups is 1. The molecule has 0 aliphatic rings. The summed E-state index contributed by atoms with van der Waals surface area (Å²) in [5.41, 5.74) is 0.506. The van der Waals surface area contributed by atoms with Gasteiger partial charge in [-0.3, -0.25) is 0 Å². The van der Waals surface area contributed by atoms with Gasteiger partial charge in [0.2, 0.25) is 0 Å². The predicted octanol–water partition coefficient (Wildman–Crippen LogP) is 3.67. The van der Waals surface area contributed by atoms with Gasteiger partial charge in [0.15, 0.2) is 0 Å². The second kappa shape index (κ2) is 8.53. The van der Waals surface area contributed by atoms with Crippen molar-refractivity contribution in [1.82, 2.24) is 5.32 Å². The summed E-state index contributed by atoms with van der Waals surface area (Å²) < 4.78 is 10.3. The molecule has 6 heteroatoms. The maximum atomic E-state index is 11.8. The standard InChI is InChI=1S/C14H21ClN2O3/c1-4-5-6-7-16-14(18)17-11-8-10(15)12(19-2)9-13(11)20-3/h8-9H,4-7H2,1-3H3,(H2,16,17,18). The lowest BCUT2D eigenvalue weighted by Crippen LogP contribution is -2.29. The van der Waals surface area contributed by atoms with Crippen molar-refractivity contribution in [1.29, 1.82) is 0 Å². The Bertz CT molecular complexity index is 452. The number of anilines is 1. The summed E-state index contributed by atoms with van der Waals surface area (Å²) in [5.74, 6) is 0.993. The quantitative estimate of drug-likeness (QED) is 0.755. The number of methoxy groups -OCH3 is 2. The molecule has 0 saturated heterocycles. The van der Waals surface area contributed by atoms with E-state index in [2.05, 4.69) is 17.6 Å². The van der Waals surface area contributed by atoms with E-state index in [0.29, 0.717) is 28.8 Å². The lowest BCUT2D eigenvalue weighted by atomic mass is 10.2. The average molecular weight is 301 g/mol. The average Bonchev–Trinajstić information content (AvgIpc) is 2.44. The second-order valence-electron chi connectivity index (χ2n) is 4.28. The number of benzene rings is 1. The molecule has 5 nitrogen and oxygen atoms in total. The van der Waals surface area contributed by atoms with Gasteiger partial charge in [-0.1, -0.05) is 31.4 Å². The van der Waals surface area contributed by atoms with Crippen LogP contribution in [-0.4, -0.2) is 26.8 Å². The molecule has 2 amide bonds. The lowest BCUT2D eigenvalue weighted by molar-refractivity contribution is 0.251. The summed E-state index contributed by atoms with van der Waals surface area (Å²) >= 11 is 6.04. The van der Waals surface area contributed by atoms with Crippen molar-refractivity contribution in [2.45, 2.75) is 26.2 Å². The number of hydrogen-bond acceptors (Lipinski definition) is 3. The summed E-state index contributed by atoms with van der Waals surface area (Å²) in [7, 11) is 3.04. The number of rotatable bonds is 7. The molecule has 1 aromatic rings. The highest BCUT2D eigenvalue weighted by Gasteiger charge is 2.12. The summed E-state index contributed by atoms with van der Waals surface area (Å²) in [4.78, 5) is 11.8. The van der Waals surface area contributed by atoms with Gasteiger partial charge >= 0.3 is 6.03 Å². The number of nitrogens with one attached hydrogen (secondary N) is 2. The van der Waals surface area contributed by atoms with Crippen molar-refractivity contribution in [3.8, 4) is 11.5 Å². The van der Waals surface area contributed by atoms with Crippen molar-refractivity contribution in [3.63, 3.8) is 0 Å². The molecule has 1 rings (SSSR count). The van der Waals surface area contributed by atoms with Gasteiger partial charge in [0.1, 0.15) is 11.5 Å². The molecule has 0 bridgehead atoms. The van der Waals surface area contributed by atoms with E-state index in [1.54, 1.807) is 12.1 Å². The first-order valence-corrected chi connectivity index (χ1v) is 6.96. The highest BCUT2D eigenvalue weighted by Crippen LogP contribution is 2.35. The maximum Gasteiger partial charge on any atom is 0.319 e. The molecule has 0 radical (unpaired) electrons. The fraction of sp³-hybridized carbons (Fsp3) is 0.500. The van der Waals surface area contributed by atoms with E-state index < -0.39 is 0 Å². The van der Waals surface area contributed by atoms with E-state index in [4.69, 9.17) is 21.1 Å². The van der Waals surface area contributed by atoms with E-state index >= 15 is 0 Å². The molecule has 0 heterocycles. The third-order valence-corrected chi connectivity index (χ3v) is 3.08. The number of amides is 2. The highest BCUT2D eigenvalue weighted by molar-refractivity contribution is 6.32.